The molecule has 1 aliphatic carbocycles. The minimum Gasteiger partial charge on any atom is -0.494 e. The van der Waals surface area contributed by atoms with Crippen molar-refractivity contribution in [2.75, 3.05) is 25.1 Å². The second-order valence-corrected chi connectivity index (χ2v) is 9.53. The molecule has 2 aromatic rings. The highest BCUT2D eigenvalue weighted by molar-refractivity contribution is 7.89. The van der Waals surface area contributed by atoms with Crippen LogP contribution in [0.1, 0.15) is 45.4 Å². The van der Waals surface area contributed by atoms with E-state index in [1.165, 1.54) is 31.4 Å². The van der Waals surface area contributed by atoms with Crippen LogP contribution in [0.15, 0.2) is 47.5 Å². The van der Waals surface area contributed by atoms with E-state index in [4.69, 9.17) is 9.47 Å². The van der Waals surface area contributed by atoms with Crippen molar-refractivity contribution in [1.29, 1.82) is 0 Å². The van der Waals surface area contributed by atoms with Gasteiger partial charge in [0, 0.05) is 19.2 Å². The van der Waals surface area contributed by atoms with Crippen molar-refractivity contribution in [3.05, 3.63) is 42.6 Å². The number of hydrogen-bond donors (Lipinski definition) is 2. The third kappa shape index (κ3) is 7.20. The van der Waals surface area contributed by atoms with Crippen molar-refractivity contribution < 1.29 is 22.7 Å². The number of carbonyl (C=O) groups excluding carboxylic acids is 1. The summed E-state index contributed by atoms with van der Waals surface area (Å²) in [5, 5.41) is 2.72. The molecule has 1 aromatic carbocycles. The van der Waals surface area contributed by atoms with Crippen molar-refractivity contribution in [2.24, 2.45) is 5.92 Å². The predicted molar refractivity (Wildman–Crippen MR) is 122 cm³/mol. The molecule has 0 aliphatic heterocycles. The van der Waals surface area contributed by atoms with E-state index in [1.54, 1.807) is 30.5 Å². The molecule has 1 aromatic heterocycles. The number of ether oxygens (including phenoxy) is 2. The van der Waals surface area contributed by atoms with Gasteiger partial charge in [0.25, 0.3) is 0 Å². The molecule has 0 saturated heterocycles. The average Bonchev–Trinajstić information content (AvgIpc) is 2.80. The maximum atomic E-state index is 12.4. The number of amides is 1. The Balaban J connectivity index is 1.48. The van der Waals surface area contributed by atoms with Crippen LogP contribution in [0.5, 0.6) is 11.5 Å². The van der Waals surface area contributed by atoms with Gasteiger partial charge in [-0.1, -0.05) is 19.3 Å². The molecule has 0 spiro atoms. The molecular formula is C23H31N3O5S. The van der Waals surface area contributed by atoms with Gasteiger partial charge in [-0.05, 0) is 62.1 Å². The largest absolute Gasteiger partial charge is 0.494 e. The minimum absolute atomic E-state index is 0.0328. The molecule has 32 heavy (non-hydrogen) atoms. The van der Waals surface area contributed by atoms with Crippen LogP contribution in [-0.4, -0.2) is 39.1 Å². The smallest absolute Gasteiger partial charge is 0.240 e. The molecule has 0 bridgehead atoms. The van der Waals surface area contributed by atoms with E-state index in [2.05, 4.69) is 15.0 Å². The van der Waals surface area contributed by atoms with Crippen molar-refractivity contribution in [3.8, 4) is 11.5 Å². The Labute approximate surface area is 189 Å². The van der Waals surface area contributed by atoms with Crippen molar-refractivity contribution in [2.45, 2.75) is 50.3 Å². The van der Waals surface area contributed by atoms with E-state index in [9.17, 15) is 13.2 Å². The lowest BCUT2D eigenvalue weighted by atomic mass is 9.90. The molecule has 8 nitrogen and oxygen atoms in total. The lowest BCUT2D eigenvalue weighted by molar-refractivity contribution is -0.116. The Hall–Kier alpha value is -2.65. The molecule has 1 fully saturated rings. The van der Waals surface area contributed by atoms with Crippen LogP contribution in [0.4, 0.5) is 5.82 Å². The van der Waals surface area contributed by atoms with Crippen LogP contribution >= 0.6 is 0 Å². The van der Waals surface area contributed by atoms with E-state index in [-0.39, 0.29) is 23.8 Å². The molecule has 2 N–H and O–H groups in total. The number of pyridine rings is 1. The molecule has 9 heteroatoms. The van der Waals surface area contributed by atoms with Crippen molar-refractivity contribution >= 4 is 21.7 Å². The van der Waals surface area contributed by atoms with Gasteiger partial charge < -0.3 is 14.8 Å². The first-order chi connectivity index (χ1) is 15.5. The van der Waals surface area contributed by atoms with Gasteiger partial charge in [-0.25, -0.2) is 18.1 Å². The van der Waals surface area contributed by atoms with Crippen LogP contribution in [0, 0.1) is 5.92 Å². The number of nitrogens with one attached hydrogen (secondary N) is 2. The number of carbonyl (C=O) groups is 1. The van der Waals surface area contributed by atoms with E-state index in [0.717, 1.165) is 12.8 Å². The number of aromatic nitrogens is 1. The average molecular weight is 462 g/mol. The monoisotopic (exact) mass is 461 g/mol. The predicted octanol–water partition coefficient (Wildman–Crippen LogP) is 3.75. The van der Waals surface area contributed by atoms with Gasteiger partial charge in [0.2, 0.25) is 15.9 Å². The van der Waals surface area contributed by atoms with Gasteiger partial charge in [0.05, 0.1) is 18.1 Å². The van der Waals surface area contributed by atoms with Crippen LogP contribution in [0.2, 0.25) is 0 Å². The van der Waals surface area contributed by atoms with Gasteiger partial charge in [-0.15, -0.1) is 0 Å². The summed E-state index contributed by atoms with van der Waals surface area (Å²) in [4.78, 5) is 16.7. The SMILES string of the molecule is CCOc1ccc(S(=O)(=O)NCCC(=O)Nc2ncccc2OCC2CCCCC2)cc1. The van der Waals surface area contributed by atoms with E-state index in [1.807, 2.05) is 6.92 Å². The molecule has 174 valence electrons. The highest BCUT2D eigenvalue weighted by atomic mass is 32.2. The molecule has 0 radical (unpaired) electrons. The van der Waals surface area contributed by atoms with Crippen molar-refractivity contribution in [1.82, 2.24) is 9.71 Å². The van der Waals surface area contributed by atoms with E-state index in [0.29, 0.717) is 36.4 Å². The molecule has 1 heterocycles. The summed E-state index contributed by atoms with van der Waals surface area (Å²) in [6.45, 7) is 2.93. The summed E-state index contributed by atoms with van der Waals surface area (Å²) in [6.07, 6.45) is 7.63. The number of rotatable bonds is 11. The molecule has 1 saturated carbocycles. The van der Waals surface area contributed by atoms with E-state index >= 15 is 0 Å². The van der Waals surface area contributed by atoms with Gasteiger partial charge >= 0.3 is 0 Å². The first kappa shape index (κ1) is 24.0. The summed E-state index contributed by atoms with van der Waals surface area (Å²) < 4.78 is 38.5. The summed E-state index contributed by atoms with van der Waals surface area (Å²) in [5.41, 5.74) is 0. The Bertz CT molecular complexity index is 973. The first-order valence-electron chi connectivity index (χ1n) is 11.1. The summed E-state index contributed by atoms with van der Waals surface area (Å²) >= 11 is 0. The summed E-state index contributed by atoms with van der Waals surface area (Å²) in [7, 11) is -3.72. The van der Waals surface area contributed by atoms with Gasteiger partial charge in [0.15, 0.2) is 11.6 Å². The fraction of sp³-hybridized carbons (Fsp3) is 0.478. The molecule has 3 rings (SSSR count). The lowest BCUT2D eigenvalue weighted by Gasteiger charge is -2.22. The van der Waals surface area contributed by atoms with Gasteiger partial charge in [-0.2, -0.15) is 0 Å². The highest BCUT2D eigenvalue weighted by Gasteiger charge is 2.17. The first-order valence-corrected chi connectivity index (χ1v) is 12.6. The zero-order chi connectivity index (χ0) is 22.8. The maximum absolute atomic E-state index is 12.4. The van der Waals surface area contributed by atoms with Crippen molar-refractivity contribution in [3.63, 3.8) is 0 Å². The van der Waals surface area contributed by atoms with E-state index < -0.39 is 10.0 Å². The molecule has 1 aliphatic rings. The van der Waals surface area contributed by atoms with Crippen LogP contribution in [-0.2, 0) is 14.8 Å². The third-order valence-corrected chi connectivity index (χ3v) is 6.79. The fourth-order valence-electron chi connectivity index (χ4n) is 3.62. The molecule has 1 amide bonds. The molecule has 0 atom stereocenters. The molecule has 0 unspecified atom stereocenters. The molecular weight excluding hydrogens is 430 g/mol. The third-order valence-electron chi connectivity index (χ3n) is 5.32. The zero-order valence-corrected chi connectivity index (χ0v) is 19.2. The minimum atomic E-state index is -3.72. The normalized spacial score (nSPS) is 14.7. The standard InChI is InChI=1S/C23H31N3O5S/c1-2-30-19-10-12-20(13-11-19)32(28,29)25-16-14-22(27)26-23-21(9-6-15-24-23)31-17-18-7-4-3-5-8-18/h6,9-13,15,18,25H,2-5,7-8,14,16-17H2,1H3,(H,24,26,27). The van der Waals surface area contributed by atoms with Crippen LogP contribution in [0.25, 0.3) is 0 Å². The topological polar surface area (TPSA) is 107 Å². The van der Waals surface area contributed by atoms with Gasteiger partial charge in [-0.3, -0.25) is 4.79 Å². The fourth-order valence-corrected chi connectivity index (χ4v) is 4.65. The Morgan fingerprint density at radius 1 is 1.09 bits per heavy atom. The summed E-state index contributed by atoms with van der Waals surface area (Å²) in [5.74, 6) is 1.66. The highest BCUT2D eigenvalue weighted by Crippen LogP contribution is 2.27. The Morgan fingerprint density at radius 3 is 2.56 bits per heavy atom. The number of benzene rings is 1. The van der Waals surface area contributed by atoms with Crippen LogP contribution in [0.3, 0.4) is 0 Å². The second kappa shape index (κ2) is 11.8. The number of anilines is 1. The summed E-state index contributed by atoms with van der Waals surface area (Å²) in [6, 6.07) is 9.67. The quantitative estimate of drug-likeness (QED) is 0.528. The number of sulfonamides is 1. The maximum Gasteiger partial charge on any atom is 0.240 e. The Morgan fingerprint density at radius 2 is 1.84 bits per heavy atom. The van der Waals surface area contributed by atoms with Gasteiger partial charge in [0.1, 0.15) is 5.75 Å². The van der Waals surface area contributed by atoms with Crippen LogP contribution < -0.4 is 19.5 Å². The lowest BCUT2D eigenvalue weighted by Crippen LogP contribution is -2.28. The number of hydrogen-bond acceptors (Lipinski definition) is 6. The zero-order valence-electron chi connectivity index (χ0n) is 18.4. The Kier molecular flexibility index (Phi) is 8.87. The second-order valence-electron chi connectivity index (χ2n) is 7.77. The number of nitrogens with zero attached hydrogens (tertiary/aromatic N) is 1.